The minimum absolute atomic E-state index is 0.380. The van der Waals surface area contributed by atoms with Crippen LogP contribution in [0.5, 0.6) is 0 Å². The molecule has 19 heavy (non-hydrogen) atoms. The molecule has 0 saturated heterocycles. The second-order valence-electron chi connectivity index (χ2n) is 4.19. The number of nitrogen functional groups attached to an aromatic ring is 1. The van der Waals surface area contributed by atoms with Crippen molar-refractivity contribution in [1.82, 2.24) is 0 Å². The van der Waals surface area contributed by atoms with Crippen molar-refractivity contribution in [3.8, 4) is 0 Å². The van der Waals surface area contributed by atoms with E-state index in [1.807, 2.05) is 0 Å². The number of benzene rings is 2. The Kier molecular flexibility index (Phi) is 3.53. The van der Waals surface area contributed by atoms with Gasteiger partial charge in [-0.15, -0.1) is 0 Å². The molecule has 0 aliphatic carbocycles. The van der Waals surface area contributed by atoms with Crippen LogP contribution >= 0.6 is 0 Å². The van der Waals surface area contributed by atoms with Gasteiger partial charge in [0.05, 0.1) is 7.11 Å². The Balaban J connectivity index is 2.62. The molecule has 0 amide bonds. The van der Waals surface area contributed by atoms with Crippen molar-refractivity contribution < 1.29 is 14.6 Å². The van der Waals surface area contributed by atoms with Gasteiger partial charge >= 0.3 is 5.97 Å². The van der Waals surface area contributed by atoms with Gasteiger partial charge in [-0.25, -0.2) is 4.79 Å². The molecule has 0 heterocycles. The molecule has 0 spiro atoms. The lowest BCUT2D eigenvalue weighted by Crippen LogP contribution is -2.38. The predicted molar refractivity (Wildman–Crippen MR) is 72.3 cm³/mol. The van der Waals surface area contributed by atoms with Crippen LogP contribution in [0.25, 0.3) is 0 Å². The molecule has 0 bridgehead atoms. The zero-order chi connectivity index (χ0) is 13.9. The van der Waals surface area contributed by atoms with E-state index in [1.165, 1.54) is 7.11 Å². The van der Waals surface area contributed by atoms with Crippen LogP contribution in [0.4, 0.5) is 5.69 Å². The number of aliphatic hydroxyl groups is 1. The fraction of sp³-hybridized carbons (Fsp3) is 0.133. The largest absolute Gasteiger partial charge is 0.466 e. The van der Waals surface area contributed by atoms with E-state index in [2.05, 4.69) is 0 Å². The van der Waals surface area contributed by atoms with E-state index in [4.69, 9.17) is 10.5 Å². The summed E-state index contributed by atoms with van der Waals surface area (Å²) in [5.41, 5.74) is 5.14. The molecule has 4 heteroatoms. The summed E-state index contributed by atoms with van der Waals surface area (Å²) in [6.07, 6.45) is 0. The maximum atomic E-state index is 12.0. The summed E-state index contributed by atoms with van der Waals surface area (Å²) in [6.45, 7) is 0. The molecule has 0 aromatic heterocycles. The third kappa shape index (κ3) is 2.30. The van der Waals surface area contributed by atoms with Crippen LogP contribution in [-0.2, 0) is 15.1 Å². The Labute approximate surface area is 111 Å². The minimum Gasteiger partial charge on any atom is -0.466 e. The predicted octanol–water partition coefficient (Wildman–Crippen LogP) is 1.68. The van der Waals surface area contributed by atoms with Gasteiger partial charge in [-0.3, -0.25) is 0 Å². The second-order valence-corrected chi connectivity index (χ2v) is 4.19. The number of carbonyl (C=O) groups is 1. The molecule has 0 aliphatic heterocycles. The first-order valence-corrected chi connectivity index (χ1v) is 5.81. The van der Waals surface area contributed by atoms with E-state index < -0.39 is 11.6 Å². The number of nitrogens with two attached hydrogens (primary N) is 1. The molecule has 0 saturated carbocycles. The number of hydrogen-bond donors (Lipinski definition) is 2. The Hall–Kier alpha value is -2.33. The highest BCUT2D eigenvalue weighted by Crippen LogP contribution is 2.31. The number of methoxy groups -OCH3 is 1. The summed E-state index contributed by atoms with van der Waals surface area (Å²) < 4.78 is 4.73. The van der Waals surface area contributed by atoms with Crippen molar-refractivity contribution in [3.63, 3.8) is 0 Å². The van der Waals surface area contributed by atoms with E-state index in [9.17, 15) is 9.90 Å². The maximum Gasteiger partial charge on any atom is 0.347 e. The molecular formula is C15H15NO3. The highest BCUT2D eigenvalue weighted by atomic mass is 16.5. The van der Waals surface area contributed by atoms with Crippen LogP contribution in [0, 0.1) is 0 Å². The van der Waals surface area contributed by atoms with Crippen molar-refractivity contribution >= 4 is 11.7 Å². The van der Waals surface area contributed by atoms with Crippen molar-refractivity contribution in [3.05, 3.63) is 65.7 Å². The Morgan fingerprint density at radius 3 is 2.32 bits per heavy atom. The van der Waals surface area contributed by atoms with Gasteiger partial charge < -0.3 is 15.6 Å². The fourth-order valence-corrected chi connectivity index (χ4v) is 1.99. The molecule has 0 fully saturated rings. The van der Waals surface area contributed by atoms with Gasteiger partial charge in [0.15, 0.2) is 0 Å². The van der Waals surface area contributed by atoms with Gasteiger partial charge in [0.25, 0.3) is 0 Å². The maximum absolute atomic E-state index is 12.0. The van der Waals surface area contributed by atoms with Crippen molar-refractivity contribution in [2.24, 2.45) is 0 Å². The van der Waals surface area contributed by atoms with Crippen LogP contribution < -0.4 is 5.73 Å². The van der Waals surface area contributed by atoms with Crippen LogP contribution in [-0.4, -0.2) is 18.2 Å². The lowest BCUT2D eigenvalue weighted by molar-refractivity contribution is -0.158. The van der Waals surface area contributed by atoms with Gasteiger partial charge in [-0.2, -0.15) is 0 Å². The third-order valence-corrected chi connectivity index (χ3v) is 2.98. The van der Waals surface area contributed by atoms with Crippen LogP contribution in [0.15, 0.2) is 54.6 Å². The summed E-state index contributed by atoms with van der Waals surface area (Å²) in [6, 6.07) is 15.2. The molecule has 2 rings (SSSR count). The summed E-state index contributed by atoms with van der Waals surface area (Å²) in [4.78, 5) is 12.0. The molecular weight excluding hydrogens is 242 g/mol. The average Bonchev–Trinajstić information content (AvgIpc) is 2.46. The smallest absolute Gasteiger partial charge is 0.347 e. The van der Waals surface area contributed by atoms with Crippen molar-refractivity contribution in [1.29, 1.82) is 0 Å². The molecule has 1 unspecified atom stereocenters. The van der Waals surface area contributed by atoms with E-state index in [-0.39, 0.29) is 0 Å². The highest BCUT2D eigenvalue weighted by Gasteiger charge is 2.41. The van der Waals surface area contributed by atoms with Crippen LogP contribution in [0.1, 0.15) is 11.1 Å². The third-order valence-electron chi connectivity index (χ3n) is 2.98. The number of rotatable bonds is 3. The van der Waals surface area contributed by atoms with Crippen LogP contribution in [0.3, 0.4) is 0 Å². The summed E-state index contributed by atoms with van der Waals surface area (Å²) >= 11 is 0. The second kappa shape index (κ2) is 5.12. The Bertz CT molecular complexity index is 583. The van der Waals surface area contributed by atoms with Gasteiger partial charge in [0, 0.05) is 11.3 Å². The van der Waals surface area contributed by atoms with Gasteiger partial charge in [-0.05, 0) is 17.7 Å². The Morgan fingerprint density at radius 1 is 1.11 bits per heavy atom. The SMILES string of the molecule is COC(=O)C(O)(c1ccccc1)c1cccc(N)c1. The first-order chi connectivity index (χ1) is 9.09. The fourth-order valence-electron chi connectivity index (χ4n) is 1.99. The molecule has 98 valence electrons. The average molecular weight is 257 g/mol. The van der Waals surface area contributed by atoms with Crippen LogP contribution in [0.2, 0.25) is 0 Å². The van der Waals surface area contributed by atoms with Crippen molar-refractivity contribution in [2.45, 2.75) is 5.60 Å². The molecule has 3 N–H and O–H groups in total. The zero-order valence-corrected chi connectivity index (χ0v) is 10.5. The molecule has 2 aromatic carbocycles. The lowest BCUT2D eigenvalue weighted by Gasteiger charge is -2.26. The first-order valence-electron chi connectivity index (χ1n) is 5.81. The summed E-state index contributed by atoms with van der Waals surface area (Å²) in [7, 11) is 1.24. The molecule has 4 nitrogen and oxygen atoms in total. The lowest BCUT2D eigenvalue weighted by atomic mass is 9.86. The Morgan fingerprint density at radius 2 is 1.74 bits per heavy atom. The van der Waals surface area contributed by atoms with Gasteiger partial charge in [0.2, 0.25) is 5.60 Å². The number of hydrogen-bond acceptors (Lipinski definition) is 4. The summed E-state index contributed by atoms with van der Waals surface area (Å²) in [5, 5.41) is 10.8. The van der Waals surface area contributed by atoms with Gasteiger partial charge in [-0.1, -0.05) is 42.5 Å². The zero-order valence-electron chi connectivity index (χ0n) is 10.5. The highest BCUT2D eigenvalue weighted by molar-refractivity contribution is 5.85. The van der Waals surface area contributed by atoms with E-state index >= 15 is 0 Å². The monoisotopic (exact) mass is 257 g/mol. The number of esters is 1. The van der Waals surface area contributed by atoms with Gasteiger partial charge in [0.1, 0.15) is 0 Å². The van der Waals surface area contributed by atoms with E-state index in [0.29, 0.717) is 16.8 Å². The molecule has 1 atom stereocenters. The standard InChI is InChI=1S/C15H15NO3/c1-19-14(17)15(18,11-6-3-2-4-7-11)12-8-5-9-13(16)10-12/h2-10,18H,16H2,1H3. The minimum atomic E-state index is -1.86. The molecule has 0 aliphatic rings. The number of ether oxygens (including phenoxy) is 1. The van der Waals surface area contributed by atoms with E-state index in [1.54, 1.807) is 54.6 Å². The number of anilines is 1. The topological polar surface area (TPSA) is 72.5 Å². The first kappa shape index (κ1) is 13.1. The van der Waals surface area contributed by atoms with Crippen molar-refractivity contribution in [2.75, 3.05) is 12.8 Å². The summed E-state index contributed by atoms with van der Waals surface area (Å²) in [5.74, 6) is -0.746. The quantitative estimate of drug-likeness (QED) is 0.648. The number of carbonyl (C=O) groups excluding carboxylic acids is 1. The molecule has 2 aromatic rings. The van der Waals surface area contributed by atoms with E-state index in [0.717, 1.165) is 0 Å². The molecule has 0 radical (unpaired) electrons. The normalized spacial score (nSPS) is 13.6.